The van der Waals surface area contributed by atoms with Gasteiger partial charge in [0, 0.05) is 19.8 Å². The van der Waals surface area contributed by atoms with Gasteiger partial charge < -0.3 is 9.84 Å². The van der Waals surface area contributed by atoms with E-state index >= 15 is 0 Å². The summed E-state index contributed by atoms with van der Waals surface area (Å²) in [6.45, 7) is 4.31. The molecule has 0 atom stereocenters. The first-order chi connectivity index (χ1) is 11.9. The summed E-state index contributed by atoms with van der Waals surface area (Å²) < 4.78 is 5.54. The van der Waals surface area contributed by atoms with Crippen LogP contribution in [0.3, 0.4) is 0 Å². The zero-order valence-electron chi connectivity index (χ0n) is 16.7. The Morgan fingerprint density at radius 1 is 0.458 bits per heavy atom. The highest BCUT2D eigenvalue weighted by Gasteiger charge is 1.95. The molecule has 0 aromatic heterocycles. The molecule has 0 aromatic carbocycles. The van der Waals surface area contributed by atoms with Crippen molar-refractivity contribution in [3.63, 3.8) is 0 Å². The SMILES string of the molecule is CCCCCCCCCCCCCCCCCCOCCCCO. The lowest BCUT2D eigenvalue weighted by Gasteiger charge is -2.04. The van der Waals surface area contributed by atoms with Crippen molar-refractivity contribution in [1.29, 1.82) is 0 Å². The summed E-state index contributed by atoms with van der Waals surface area (Å²) in [7, 11) is 0. The first kappa shape index (κ1) is 23.9. The largest absolute Gasteiger partial charge is 0.396 e. The molecule has 0 saturated carbocycles. The minimum Gasteiger partial charge on any atom is -0.396 e. The Bertz CT molecular complexity index is 184. The monoisotopic (exact) mass is 342 g/mol. The van der Waals surface area contributed by atoms with E-state index in [1.165, 1.54) is 103 Å². The molecule has 0 heterocycles. The van der Waals surface area contributed by atoms with Gasteiger partial charge in [-0.15, -0.1) is 0 Å². The Morgan fingerprint density at radius 2 is 0.792 bits per heavy atom. The third-order valence-corrected chi connectivity index (χ3v) is 4.84. The zero-order valence-corrected chi connectivity index (χ0v) is 16.7. The van der Waals surface area contributed by atoms with Crippen molar-refractivity contribution in [2.24, 2.45) is 0 Å². The predicted octanol–water partition coefficient (Wildman–Crippen LogP) is 7.04. The van der Waals surface area contributed by atoms with Crippen LogP contribution in [0, 0.1) is 0 Å². The summed E-state index contributed by atoms with van der Waals surface area (Å²) in [4.78, 5) is 0. The smallest absolute Gasteiger partial charge is 0.0466 e. The Balaban J connectivity index is 2.93. The van der Waals surface area contributed by atoms with Crippen molar-refractivity contribution in [1.82, 2.24) is 0 Å². The van der Waals surface area contributed by atoms with E-state index in [4.69, 9.17) is 9.84 Å². The average molecular weight is 343 g/mol. The van der Waals surface area contributed by atoms with Gasteiger partial charge in [-0.2, -0.15) is 0 Å². The van der Waals surface area contributed by atoms with Crippen LogP contribution in [0.4, 0.5) is 0 Å². The number of rotatable bonds is 21. The van der Waals surface area contributed by atoms with Gasteiger partial charge >= 0.3 is 0 Å². The van der Waals surface area contributed by atoms with Crippen LogP contribution in [0.25, 0.3) is 0 Å². The molecule has 0 bridgehead atoms. The van der Waals surface area contributed by atoms with Crippen LogP contribution in [0.15, 0.2) is 0 Å². The number of hydrogen-bond acceptors (Lipinski definition) is 2. The van der Waals surface area contributed by atoms with E-state index in [-0.39, 0.29) is 0 Å². The van der Waals surface area contributed by atoms with Crippen LogP contribution in [-0.2, 0) is 4.74 Å². The maximum Gasteiger partial charge on any atom is 0.0466 e. The minimum absolute atomic E-state index is 0.294. The highest BCUT2D eigenvalue weighted by Crippen LogP contribution is 2.13. The van der Waals surface area contributed by atoms with Crippen molar-refractivity contribution in [2.45, 2.75) is 122 Å². The van der Waals surface area contributed by atoms with E-state index in [0.717, 1.165) is 26.1 Å². The maximum atomic E-state index is 8.66. The fourth-order valence-corrected chi connectivity index (χ4v) is 3.17. The molecule has 0 aliphatic heterocycles. The van der Waals surface area contributed by atoms with Crippen molar-refractivity contribution < 1.29 is 9.84 Å². The Hall–Kier alpha value is -0.0800. The minimum atomic E-state index is 0.294. The zero-order chi connectivity index (χ0) is 17.6. The Labute approximate surface area is 152 Å². The second-order valence-corrected chi connectivity index (χ2v) is 7.35. The molecule has 0 aromatic rings. The molecular formula is C22H46O2. The molecule has 0 unspecified atom stereocenters. The molecule has 2 heteroatoms. The number of aliphatic hydroxyl groups is 1. The topological polar surface area (TPSA) is 29.5 Å². The van der Waals surface area contributed by atoms with E-state index in [2.05, 4.69) is 6.92 Å². The van der Waals surface area contributed by atoms with Crippen LogP contribution in [-0.4, -0.2) is 24.9 Å². The highest BCUT2D eigenvalue weighted by atomic mass is 16.5. The standard InChI is InChI=1S/C22H46O2/c1-2-3-4-5-6-7-8-9-10-11-12-13-14-15-16-18-21-24-22-19-17-20-23/h23H,2-22H2,1H3. The lowest BCUT2D eigenvalue weighted by Crippen LogP contribution is -1.98. The van der Waals surface area contributed by atoms with Crippen LogP contribution in [0.2, 0.25) is 0 Å². The summed E-state index contributed by atoms with van der Waals surface area (Å²) in [5.41, 5.74) is 0. The quantitative estimate of drug-likeness (QED) is 0.227. The summed E-state index contributed by atoms with van der Waals surface area (Å²) in [5, 5.41) is 8.66. The molecule has 0 spiro atoms. The normalized spacial score (nSPS) is 11.2. The second kappa shape index (κ2) is 22.9. The summed E-state index contributed by atoms with van der Waals surface area (Å²) >= 11 is 0. The van der Waals surface area contributed by atoms with Crippen LogP contribution in [0.1, 0.15) is 122 Å². The van der Waals surface area contributed by atoms with Gasteiger partial charge in [0.15, 0.2) is 0 Å². The maximum absolute atomic E-state index is 8.66. The second-order valence-electron chi connectivity index (χ2n) is 7.35. The molecule has 146 valence electrons. The number of aliphatic hydroxyl groups excluding tert-OH is 1. The third kappa shape index (κ3) is 21.9. The molecule has 1 N–H and O–H groups in total. The first-order valence-corrected chi connectivity index (χ1v) is 11.1. The Morgan fingerprint density at radius 3 is 1.17 bits per heavy atom. The summed E-state index contributed by atoms with van der Waals surface area (Å²) in [5.74, 6) is 0. The molecule has 0 radical (unpaired) electrons. The van der Waals surface area contributed by atoms with Gasteiger partial charge in [0.05, 0.1) is 0 Å². The summed E-state index contributed by atoms with van der Waals surface area (Å²) in [6.07, 6.45) is 24.5. The van der Waals surface area contributed by atoms with Gasteiger partial charge in [0.1, 0.15) is 0 Å². The van der Waals surface area contributed by atoms with E-state index in [1.54, 1.807) is 0 Å². The Kier molecular flexibility index (Phi) is 22.8. The molecule has 0 rings (SSSR count). The van der Waals surface area contributed by atoms with Gasteiger partial charge in [0.25, 0.3) is 0 Å². The molecular weight excluding hydrogens is 296 g/mol. The van der Waals surface area contributed by atoms with Crippen LogP contribution < -0.4 is 0 Å². The lowest BCUT2D eigenvalue weighted by molar-refractivity contribution is 0.121. The van der Waals surface area contributed by atoms with Gasteiger partial charge in [0.2, 0.25) is 0 Å². The van der Waals surface area contributed by atoms with Crippen molar-refractivity contribution >= 4 is 0 Å². The highest BCUT2D eigenvalue weighted by molar-refractivity contribution is 4.50. The van der Waals surface area contributed by atoms with Crippen LogP contribution >= 0.6 is 0 Å². The summed E-state index contributed by atoms with van der Waals surface area (Å²) in [6, 6.07) is 0. The molecule has 0 aliphatic rings. The molecule has 24 heavy (non-hydrogen) atoms. The predicted molar refractivity (Wildman–Crippen MR) is 107 cm³/mol. The molecule has 0 aliphatic carbocycles. The molecule has 0 saturated heterocycles. The molecule has 0 amide bonds. The lowest BCUT2D eigenvalue weighted by atomic mass is 10.0. The van der Waals surface area contributed by atoms with E-state index in [1.807, 2.05) is 0 Å². The number of hydrogen-bond donors (Lipinski definition) is 1. The van der Waals surface area contributed by atoms with Gasteiger partial charge in [-0.1, -0.05) is 103 Å². The van der Waals surface area contributed by atoms with Crippen molar-refractivity contribution in [3.05, 3.63) is 0 Å². The molecule has 2 nitrogen and oxygen atoms in total. The van der Waals surface area contributed by atoms with Gasteiger partial charge in [-0.25, -0.2) is 0 Å². The van der Waals surface area contributed by atoms with Gasteiger partial charge in [-0.3, -0.25) is 0 Å². The molecule has 0 fully saturated rings. The van der Waals surface area contributed by atoms with Gasteiger partial charge in [-0.05, 0) is 19.3 Å². The number of unbranched alkanes of at least 4 members (excludes halogenated alkanes) is 16. The fourth-order valence-electron chi connectivity index (χ4n) is 3.17. The van der Waals surface area contributed by atoms with E-state index < -0.39 is 0 Å². The first-order valence-electron chi connectivity index (χ1n) is 11.1. The van der Waals surface area contributed by atoms with Crippen molar-refractivity contribution in [2.75, 3.05) is 19.8 Å². The van der Waals surface area contributed by atoms with Crippen LogP contribution in [0.5, 0.6) is 0 Å². The number of ether oxygens (including phenoxy) is 1. The fraction of sp³-hybridized carbons (Fsp3) is 1.00. The van der Waals surface area contributed by atoms with E-state index in [0.29, 0.717) is 6.61 Å². The van der Waals surface area contributed by atoms with E-state index in [9.17, 15) is 0 Å². The third-order valence-electron chi connectivity index (χ3n) is 4.84. The average Bonchev–Trinajstić information content (AvgIpc) is 2.60. The van der Waals surface area contributed by atoms with Crippen molar-refractivity contribution in [3.8, 4) is 0 Å².